The number of aliphatic hydroxyl groups is 1. The molecule has 7 nitrogen and oxygen atoms in total. The number of aromatic nitrogens is 2. The van der Waals surface area contributed by atoms with Gasteiger partial charge in [-0.25, -0.2) is 18.4 Å². The fraction of sp³-hybridized carbons (Fsp3) is 0.636. The Bertz CT molecular complexity index is 542. The molecule has 0 aliphatic carbocycles. The summed E-state index contributed by atoms with van der Waals surface area (Å²) in [5, 5.41) is 9.98. The SMILES string of the molecule is CC1(O)CCCN(S(=O)(=O)c2cnc(N)nc2)CC1. The van der Waals surface area contributed by atoms with E-state index in [1.165, 1.54) is 16.7 Å². The molecular weight excluding hydrogens is 268 g/mol. The smallest absolute Gasteiger partial charge is 0.246 e. The van der Waals surface area contributed by atoms with Gasteiger partial charge in [-0.1, -0.05) is 0 Å². The molecule has 2 rings (SSSR count). The summed E-state index contributed by atoms with van der Waals surface area (Å²) in [5.41, 5.74) is 4.54. The molecule has 0 saturated carbocycles. The first kappa shape index (κ1) is 14.2. The lowest BCUT2D eigenvalue weighted by molar-refractivity contribution is 0.0465. The second-order valence-corrected chi connectivity index (χ2v) is 6.97. The molecule has 0 aromatic carbocycles. The van der Waals surface area contributed by atoms with Gasteiger partial charge in [-0.05, 0) is 26.2 Å². The molecule has 0 bridgehead atoms. The summed E-state index contributed by atoms with van der Waals surface area (Å²) >= 11 is 0. The third-order valence-corrected chi connectivity index (χ3v) is 5.16. The molecule has 1 fully saturated rings. The van der Waals surface area contributed by atoms with Gasteiger partial charge in [0.15, 0.2) is 0 Å². The Labute approximate surface area is 112 Å². The summed E-state index contributed by atoms with van der Waals surface area (Å²) in [4.78, 5) is 7.44. The van der Waals surface area contributed by atoms with Crippen LogP contribution in [0.15, 0.2) is 17.3 Å². The molecule has 3 N–H and O–H groups in total. The Balaban J connectivity index is 2.22. The lowest BCUT2D eigenvalue weighted by Crippen LogP contribution is -2.33. The minimum absolute atomic E-state index is 0.0308. The Morgan fingerprint density at radius 1 is 1.32 bits per heavy atom. The number of nitrogens with zero attached hydrogens (tertiary/aromatic N) is 3. The van der Waals surface area contributed by atoms with Crippen molar-refractivity contribution in [3.63, 3.8) is 0 Å². The minimum Gasteiger partial charge on any atom is -0.390 e. The van der Waals surface area contributed by atoms with Crippen molar-refractivity contribution < 1.29 is 13.5 Å². The van der Waals surface area contributed by atoms with Crippen LogP contribution in [0.4, 0.5) is 5.95 Å². The minimum atomic E-state index is -3.61. The number of sulfonamides is 1. The van der Waals surface area contributed by atoms with Gasteiger partial charge in [-0.3, -0.25) is 0 Å². The van der Waals surface area contributed by atoms with Crippen LogP contribution in [0.5, 0.6) is 0 Å². The summed E-state index contributed by atoms with van der Waals surface area (Å²) in [6.45, 7) is 2.41. The van der Waals surface area contributed by atoms with Crippen molar-refractivity contribution in [3.8, 4) is 0 Å². The summed E-state index contributed by atoms with van der Waals surface area (Å²) in [5.74, 6) is 0.0396. The molecule has 0 spiro atoms. The fourth-order valence-corrected chi connectivity index (χ4v) is 3.46. The van der Waals surface area contributed by atoms with Gasteiger partial charge in [0.1, 0.15) is 4.90 Å². The fourth-order valence-electron chi connectivity index (χ4n) is 2.09. The van der Waals surface area contributed by atoms with Crippen LogP contribution in [0.2, 0.25) is 0 Å². The van der Waals surface area contributed by atoms with Crippen molar-refractivity contribution >= 4 is 16.0 Å². The van der Waals surface area contributed by atoms with Crippen molar-refractivity contribution in [2.45, 2.75) is 36.7 Å². The summed E-state index contributed by atoms with van der Waals surface area (Å²) < 4.78 is 26.1. The Morgan fingerprint density at radius 3 is 2.58 bits per heavy atom. The van der Waals surface area contributed by atoms with E-state index in [0.717, 1.165) is 0 Å². The molecule has 1 aliphatic heterocycles. The predicted octanol–water partition coefficient (Wildman–Crippen LogP) is -0.0156. The lowest BCUT2D eigenvalue weighted by atomic mass is 9.98. The van der Waals surface area contributed by atoms with E-state index in [1.54, 1.807) is 6.92 Å². The molecule has 1 unspecified atom stereocenters. The standard InChI is InChI=1S/C11H18N4O3S/c1-11(16)3-2-5-15(6-4-11)19(17,18)9-7-13-10(12)14-8-9/h7-8,16H,2-6H2,1H3,(H2,12,13,14). The van der Waals surface area contributed by atoms with E-state index >= 15 is 0 Å². The Hall–Kier alpha value is -1.25. The van der Waals surface area contributed by atoms with Gasteiger partial charge >= 0.3 is 0 Å². The largest absolute Gasteiger partial charge is 0.390 e. The van der Waals surface area contributed by atoms with Crippen molar-refractivity contribution in [3.05, 3.63) is 12.4 Å². The van der Waals surface area contributed by atoms with Crippen molar-refractivity contribution in [1.82, 2.24) is 14.3 Å². The maximum absolute atomic E-state index is 12.4. The predicted molar refractivity (Wildman–Crippen MR) is 69.7 cm³/mol. The number of hydrogen-bond donors (Lipinski definition) is 2. The van der Waals surface area contributed by atoms with E-state index in [4.69, 9.17) is 5.73 Å². The van der Waals surface area contributed by atoms with Crippen molar-refractivity contribution in [2.75, 3.05) is 18.8 Å². The zero-order chi connectivity index (χ0) is 14.1. The van der Waals surface area contributed by atoms with Crippen LogP contribution >= 0.6 is 0 Å². The molecule has 1 saturated heterocycles. The van der Waals surface area contributed by atoms with Crippen LogP contribution in [0.25, 0.3) is 0 Å². The van der Waals surface area contributed by atoms with Gasteiger partial charge in [0, 0.05) is 13.1 Å². The van der Waals surface area contributed by atoms with Gasteiger partial charge < -0.3 is 10.8 Å². The number of hydrogen-bond acceptors (Lipinski definition) is 6. The average Bonchev–Trinajstić information content (AvgIpc) is 2.51. The van der Waals surface area contributed by atoms with Crippen LogP contribution in [-0.2, 0) is 10.0 Å². The molecule has 2 heterocycles. The summed E-state index contributed by atoms with van der Waals surface area (Å²) in [7, 11) is -3.61. The monoisotopic (exact) mass is 286 g/mol. The Kier molecular flexibility index (Phi) is 3.75. The third-order valence-electron chi connectivity index (χ3n) is 3.31. The van der Waals surface area contributed by atoms with E-state index in [1.807, 2.05) is 0 Å². The van der Waals surface area contributed by atoms with Crippen LogP contribution in [-0.4, -0.2) is 46.5 Å². The molecule has 1 aromatic heterocycles. The number of nitrogens with two attached hydrogens (primary N) is 1. The highest BCUT2D eigenvalue weighted by Gasteiger charge is 2.31. The molecule has 1 aromatic rings. The van der Waals surface area contributed by atoms with Crippen LogP contribution < -0.4 is 5.73 Å². The Morgan fingerprint density at radius 2 is 1.95 bits per heavy atom. The maximum atomic E-state index is 12.4. The number of anilines is 1. The molecular formula is C11H18N4O3S. The quantitative estimate of drug-likeness (QED) is 0.791. The first-order valence-electron chi connectivity index (χ1n) is 6.11. The molecule has 0 amide bonds. The molecule has 0 radical (unpaired) electrons. The van der Waals surface area contributed by atoms with Gasteiger partial charge in [-0.15, -0.1) is 0 Å². The first-order valence-corrected chi connectivity index (χ1v) is 7.55. The zero-order valence-corrected chi connectivity index (χ0v) is 11.6. The summed E-state index contributed by atoms with van der Waals surface area (Å²) in [6, 6.07) is 0. The van der Waals surface area contributed by atoms with Gasteiger partial charge in [-0.2, -0.15) is 4.31 Å². The third kappa shape index (κ3) is 3.20. The average molecular weight is 286 g/mol. The van der Waals surface area contributed by atoms with Crippen molar-refractivity contribution in [2.24, 2.45) is 0 Å². The highest BCUT2D eigenvalue weighted by molar-refractivity contribution is 7.89. The number of nitrogen functional groups attached to an aromatic ring is 1. The van der Waals surface area contributed by atoms with Gasteiger partial charge in [0.05, 0.1) is 18.0 Å². The molecule has 1 aliphatic rings. The van der Waals surface area contributed by atoms with Crippen LogP contribution in [0.3, 0.4) is 0 Å². The van der Waals surface area contributed by atoms with Crippen LogP contribution in [0, 0.1) is 0 Å². The summed E-state index contributed by atoms with van der Waals surface area (Å²) in [6.07, 6.45) is 4.06. The van der Waals surface area contributed by atoms with E-state index in [2.05, 4.69) is 9.97 Å². The van der Waals surface area contributed by atoms with Crippen LogP contribution in [0.1, 0.15) is 26.2 Å². The normalized spacial score (nSPS) is 26.0. The van der Waals surface area contributed by atoms with E-state index in [0.29, 0.717) is 32.4 Å². The second kappa shape index (κ2) is 5.03. The van der Waals surface area contributed by atoms with Crippen molar-refractivity contribution in [1.29, 1.82) is 0 Å². The maximum Gasteiger partial charge on any atom is 0.246 e. The molecule has 106 valence electrons. The van der Waals surface area contributed by atoms with Gasteiger partial charge in [0.2, 0.25) is 16.0 Å². The van der Waals surface area contributed by atoms with E-state index in [9.17, 15) is 13.5 Å². The molecule has 19 heavy (non-hydrogen) atoms. The van der Waals surface area contributed by atoms with Gasteiger partial charge in [0.25, 0.3) is 0 Å². The van der Waals surface area contributed by atoms with E-state index < -0.39 is 15.6 Å². The second-order valence-electron chi connectivity index (χ2n) is 5.03. The topological polar surface area (TPSA) is 109 Å². The highest BCUT2D eigenvalue weighted by Crippen LogP contribution is 2.25. The zero-order valence-electron chi connectivity index (χ0n) is 10.8. The number of rotatable bonds is 2. The molecule has 8 heteroatoms. The highest BCUT2D eigenvalue weighted by atomic mass is 32.2. The first-order chi connectivity index (χ1) is 8.81. The lowest BCUT2D eigenvalue weighted by Gasteiger charge is -2.22. The molecule has 1 atom stereocenters. The van der Waals surface area contributed by atoms with E-state index in [-0.39, 0.29) is 10.8 Å².